The molecule has 0 aromatic carbocycles. The van der Waals surface area contributed by atoms with Gasteiger partial charge in [0.05, 0.1) is 6.42 Å². The lowest BCUT2D eigenvalue weighted by Crippen LogP contribution is -2.20. The largest absolute Gasteiger partial charge is 0.292 e. The summed E-state index contributed by atoms with van der Waals surface area (Å²) in [7, 11) is 0. The number of hydrogen-bond donors (Lipinski definition) is 1. The molecule has 14 heavy (non-hydrogen) atoms. The fourth-order valence-corrected chi connectivity index (χ4v) is 2.34. The number of hydrogen-bond acceptors (Lipinski definition) is 2. The minimum Gasteiger partial charge on any atom is -0.292 e. The van der Waals surface area contributed by atoms with Crippen LogP contribution in [0.1, 0.15) is 32.1 Å². The summed E-state index contributed by atoms with van der Waals surface area (Å²) in [5, 5.41) is 2.38. The molecule has 0 aromatic rings. The van der Waals surface area contributed by atoms with Crippen molar-refractivity contribution in [3.8, 4) is 0 Å². The number of carbonyl (C=O) groups is 2. The van der Waals surface area contributed by atoms with Crippen LogP contribution in [0, 0.1) is 11.8 Å². The Bertz CT molecular complexity index is 334. The maximum absolute atomic E-state index is 11.5. The van der Waals surface area contributed by atoms with Crippen LogP contribution in [-0.4, -0.2) is 11.8 Å². The first-order chi connectivity index (χ1) is 6.75. The summed E-state index contributed by atoms with van der Waals surface area (Å²) in [6, 6.07) is 0. The number of allylic oxidation sites excluding steroid dienone is 1. The van der Waals surface area contributed by atoms with Crippen LogP contribution in [0.5, 0.6) is 0 Å². The Morgan fingerprint density at radius 3 is 2.00 bits per heavy atom. The number of rotatable bonds is 2. The molecule has 2 saturated carbocycles. The van der Waals surface area contributed by atoms with Gasteiger partial charge in [0, 0.05) is 5.57 Å². The molecule has 3 heteroatoms. The average molecular weight is 191 g/mol. The van der Waals surface area contributed by atoms with Crippen LogP contribution in [0.3, 0.4) is 0 Å². The average Bonchev–Trinajstić information content (AvgIpc) is 2.97. The van der Waals surface area contributed by atoms with Gasteiger partial charge in [0.1, 0.15) is 0 Å². The normalized spacial score (nSPS) is 26.7. The van der Waals surface area contributed by atoms with Crippen LogP contribution in [0.25, 0.3) is 0 Å². The first kappa shape index (κ1) is 8.21. The summed E-state index contributed by atoms with van der Waals surface area (Å²) >= 11 is 0. The van der Waals surface area contributed by atoms with Crippen molar-refractivity contribution < 1.29 is 9.59 Å². The fraction of sp³-hybridized carbons (Fsp3) is 0.636. The molecule has 1 heterocycles. The third kappa shape index (κ3) is 1.27. The molecule has 2 aliphatic carbocycles. The van der Waals surface area contributed by atoms with E-state index in [0.29, 0.717) is 18.3 Å². The Morgan fingerprint density at radius 2 is 1.64 bits per heavy atom. The van der Waals surface area contributed by atoms with Gasteiger partial charge >= 0.3 is 0 Å². The molecule has 0 unspecified atom stereocenters. The second-order valence-corrected chi connectivity index (χ2v) is 4.54. The van der Waals surface area contributed by atoms with Crippen LogP contribution in [-0.2, 0) is 9.59 Å². The van der Waals surface area contributed by atoms with Gasteiger partial charge in [-0.05, 0) is 37.5 Å². The van der Waals surface area contributed by atoms with E-state index in [1.165, 1.54) is 31.3 Å². The van der Waals surface area contributed by atoms with Gasteiger partial charge in [-0.25, -0.2) is 0 Å². The first-order valence-electron chi connectivity index (χ1n) is 5.33. The third-order valence-electron chi connectivity index (χ3n) is 3.25. The van der Waals surface area contributed by atoms with Crippen LogP contribution in [0.4, 0.5) is 0 Å². The quantitative estimate of drug-likeness (QED) is 0.525. The van der Waals surface area contributed by atoms with Crippen molar-refractivity contribution >= 4 is 11.8 Å². The Hall–Kier alpha value is -1.12. The number of imide groups is 1. The second-order valence-electron chi connectivity index (χ2n) is 4.54. The van der Waals surface area contributed by atoms with Gasteiger partial charge < -0.3 is 0 Å². The minimum absolute atomic E-state index is 0.121. The number of carbonyl (C=O) groups excluding carboxylic acids is 2. The van der Waals surface area contributed by atoms with Crippen molar-refractivity contribution in [1.29, 1.82) is 0 Å². The summed E-state index contributed by atoms with van der Waals surface area (Å²) in [6.07, 6.45) is 5.21. The smallest absolute Gasteiger partial charge is 0.254 e. The van der Waals surface area contributed by atoms with E-state index >= 15 is 0 Å². The molecular formula is C11H13NO2. The topological polar surface area (TPSA) is 46.2 Å². The lowest BCUT2D eigenvalue weighted by molar-refractivity contribution is -0.124. The van der Waals surface area contributed by atoms with E-state index in [-0.39, 0.29) is 11.8 Å². The zero-order valence-electron chi connectivity index (χ0n) is 8.01. The van der Waals surface area contributed by atoms with E-state index in [2.05, 4.69) is 5.32 Å². The van der Waals surface area contributed by atoms with Gasteiger partial charge in [0.15, 0.2) is 0 Å². The summed E-state index contributed by atoms with van der Waals surface area (Å²) in [4.78, 5) is 22.6. The molecule has 0 bridgehead atoms. The van der Waals surface area contributed by atoms with Crippen molar-refractivity contribution in [3.63, 3.8) is 0 Å². The summed E-state index contributed by atoms with van der Waals surface area (Å²) < 4.78 is 0. The molecule has 3 nitrogen and oxygen atoms in total. The predicted molar refractivity (Wildman–Crippen MR) is 50.2 cm³/mol. The second kappa shape index (κ2) is 2.69. The molecule has 1 saturated heterocycles. The van der Waals surface area contributed by atoms with Crippen LogP contribution in [0.2, 0.25) is 0 Å². The van der Waals surface area contributed by atoms with E-state index in [0.717, 1.165) is 5.57 Å². The van der Waals surface area contributed by atoms with Crippen LogP contribution >= 0.6 is 0 Å². The van der Waals surface area contributed by atoms with E-state index in [9.17, 15) is 9.59 Å². The molecule has 2 amide bonds. The number of amides is 2. The van der Waals surface area contributed by atoms with Crippen molar-refractivity contribution in [3.05, 3.63) is 11.1 Å². The Balaban J connectivity index is 1.97. The van der Waals surface area contributed by atoms with Gasteiger partial charge in [-0.3, -0.25) is 14.9 Å². The Kier molecular flexibility index (Phi) is 1.58. The van der Waals surface area contributed by atoms with E-state index in [1.807, 2.05) is 0 Å². The highest BCUT2D eigenvalue weighted by atomic mass is 16.2. The minimum atomic E-state index is -0.121. The van der Waals surface area contributed by atoms with Crippen LogP contribution < -0.4 is 5.32 Å². The van der Waals surface area contributed by atoms with Gasteiger partial charge in [0.2, 0.25) is 5.91 Å². The SMILES string of the molecule is O=C1CC(=C(C2CC2)C2CC2)C(=O)N1. The predicted octanol–water partition coefficient (Wildman–Crippen LogP) is 1.15. The van der Waals surface area contributed by atoms with E-state index in [4.69, 9.17) is 0 Å². The molecule has 3 aliphatic rings. The molecule has 3 rings (SSSR count). The van der Waals surface area contributed by atoms with Crippen molar-refractivity contribution in [2.24, 2.45) is 11.8 Å². The standard InChI is InChI=1S/C11H13NO2/c13-9-5-8(11(14)12-9)10(6-1-2-6)7-3-4-7/h6-7H,1-5H2,(H,12,13,14). The highest BCUT2D eigenvalue weighted by Gasteiger charge is 2.41. The van der Waals surface area contributed by atoms with Crippen molar-refractivity contribution in [2.45, 2.75) is 32.1 Å². The molecule has 1 aliphatic heterocycles. The lowest BCUT2D eigenvalue weighted by Gasteiger charge is -2.06. The first-order valence-corrected chi connectivity index (χ1v) is 5.33. The third-order valence-corrected chi connectivity index (χ3v) is 3.25. The molecule has 0 atom stereocenters. The van der Waals surface area contributed by atoms with E-state index in [1.54, 1.807) is 0 Å². The molecule has 3 fully saturated rings. The maximum atomic E-state index is 11.5. The molecule has 0 radical (unpaired) electrons. The molecule has 1 N–H and O–H groups in total. The maximum Gasteiger partial charge on any atom is 0.254 e. The van der Waals surface area contributed by atoms with Gasteiger partial charge in [-0.2, -0.15) is 0 Å². The van der Waals surface area contributed by atoms with Gasteiger partial charge in [0.25, 0.3) is 5.91 Å². The van der Waals surface area contributed by atoms with Crippen molar-refractivity contribution in [1.82, 2.24) is 5.32 Å². The highest BCUT2D eigenvalue weighted by Crippen LogP contribution is 2.50. The summed E-state index contributed by atoms with van der Waals surface area (Å²) in [5.41, 5.74) is 2.13. The molecular weight excluding hydrogens is 178 g/mol. The zero-order valence-corrected chi connectivity index (χ0v) is 8.01. The fourth-order valence-electron chi connectivity index (χ4n) is 2.34. The molecule has 74 valence electrons. The zero-order chi connectivity index (χ0) is 9.71. The van der Waals surface area contributed by atoms with Gasteiger partial charge in [-0.1, -0.05) is 5.57 Å². The van der Waals surface area contributed by atoms with Crippen LogP contribution in [0.15, 0.2) is 11.1 Å². The Labute approximate surface area is 82.6 Å². The Morgan fingerprint density at radius 1 is 1.07 bits per heavy atom. The number of nitrogens with one attached hydrogen (secondary N) is 1. The summed E-state index contributed by atoms with van der Waals surface area (Å²) in [5.74, 6) is 1.02. The molecule has 0 spiro atoms. The van der Waals surface area contributed by atoms with Gasteiger partial charge in [-0.15, -0.1) is 0 Å². The van der Waals surface area contributed by atoms with E-state index < -0.39 is 0 Å². The monoisotopic (exact) mass is 191 g/mol. The lowest BCUT2D eigenvalue weighted by atomic mass is 9.98. The highest BCUT2D eigenvalue weighted by molar-refractivity contribution is 6.13. The molecule has 0 aromatic heterocycles. The summed E-state index contributed by atoms with van der Waals surface area (Å²) in [6.45, 7) is 0. The van der Waals surface area contributed by atoms with Crippen molar-refractivity contribution in [2.75, 3.05) is 0 Å².